The maximum absolute atomic E-state index is 12.9. The summed E-state index contributed by atoms with van der Waals surface area (Å²) in [5.41, 5.74) is 0. The zero-order valence-electron chi connectivity index (χ0n) is 14.0. The van der Waals surface area contributed by atoms with Gasteiger partial charge in [-0.1, -0.05) is 19.3 Å². The molecular weight excluding hydrogens is 344 g/mol. The smallest absolute Gasteiger partial charge is 0.243 e. The van der Waals surface area contributed by atoms with Crippen molar-refractivity contribution in [2.24, 2.45) is 0 Å². The summed E-state index contributed by atoms with van der Waals surface area (Å²) in [4.78, 5) is 12.5. The van der Waals surface area contributed by atoms with E-state index in [0.29, 0.717) is 12.8 Å². The highest BCUT2D eigenvalue weighted by atomic mass is 32.2. The van der Waals surface area contributed by atoms with E-state index in [0.717, 1.165) is 37.8 Å². The van der Waals surface area contributed by atoms with E-state index in [2.05, 4.69) is 5.32 Å². The van der Waals surface area contributed by atoms with Crippen molar-refractivity contribution >= 4 is 15.9 Å². The fraction of sp³-hybridized carbons (Fsp3) is 0.588. The second-order valence-electron chi connectivity index (χ2n) is 6.77. The van der Waals surface area contributed by atoms with E-state index in [-0.39, 0.29) is 29.1 Å². The first-order valence-corrected chi connectivity index (χ1v) is 10.2. The minimum atomic E-state index is -3.91. The molecule has 2 fully saturated rings. The van der Waals surface area contributed by atoms with E-state index in [1.165, 1.54) is 16.8 Å². The van der Waals surface area contributed by atoms with E-state index >= 15 is 0 Å². The average molecular weight is 368 g/mol. The Balaban J connectivity index is 1.77. The molecule has 1 amide bonds. The third-order valence-electron chi connectivity index (χ3n) is 5.01. The summed E-state index contributed by atoms with van der Waals surface area (Å²) in [7, 11) is -3.91. The summed E-state index contributed by atoms with van der Waals surface area (Å²) in [6.07, 6.45) is 6.34. The summed E-state index contributed by atoms with van der Waals surface area (Å²) in [6.45, 7) is 0.271. The van der Waals surface area contributed by atoms with Crippen molar-refractivity contribution in [1.82, 2.24) is 9.62 Å². The summed E-state index contributed by atoms with van der Waals surface area (Å²) < 4.78 is 26.9. The minimum absolute atomic E-state index is 0.125. The topological polar surface area (TPSA) is 107 Å². The Labute approximate surface area is 147 Å². The highest BCUT2D eigenvalue weighted by molar-refractivity contribution is 7.89. The van der Waals surface area contributed by atoms with E-state index in [4.69, 9.17) is 0 Å². The molecule has 0 spiro atoms. The number of hydrogen-bond donors (Lipinski definition) is 3. The fourth-order valence-electron chi connectivity index (χ4n) is 3.63. The van der Waals surface area contributed by atoms with Crippen LogP contribution in [0.3, 0.4) is 0 Å². The van der Waals surface area contributed by atoms with Crippen LogP contribution in [0.2, 0.25) is 0 Å². The summed E-state index contributed by atoms with van der Waals surface area (Å²) in [5, 5.41) is 22.0. The van der Waals surface area contributed by atoms with Gasteiger partial charge in [-0.15, -0.1) is 0 Å². The number of nitrogens with one attached hydrogen (secondary N) is 1. The number of phenolic OH excluding ortho intramolecular Hbond substituents is 2. The lowest BCUT2D eigenvalue weighted by Gasteiger charge is -2.28. The Bertz CT molecular complexity index is 743. The minimum Gasteiger partial charge on any atom is -0.504 e. The molecule has 1 aromatic rings. The van der Waals surface area contributed by atoms with Crippen LogP contribution in [0.4, 0.5) is 0 Å². The number of hydrogen-bond acceptors (Lipinski definition) is 5. The van der Waals surface area contributed by atoms with Crippen LogP contribution in [0.5, 0.6) is 11.5 Å². The predicted octanol–water partition coefficient (Wildman–Crippen LogP) is 1.70. The fourth-order valence-corrected chi connectivity index (χ4v) is 5.31. The summed E-state index contributed by atoms with van der Waals surface area (Å²) in [5.74, 6) is -1.12. The Morgan fingerprint density at radius 2 is 1.76 bits per heavy atom. The van der Waals surface area contributed by atoms with E-state index in [1.54, 1.807) is 0 Å². The van der Waals surface area contributed by atoms with Crippen molar-refractivity contribution < 1.29 is 23.4 Å². The second kappa shape index (κ2) is 7.21. The van der Waals surface area contributed by atoms with Crippen molar-refractivity contribution in [2.75, 3.05) is 6.54 Å². The van der Waals surface area contributed by atoms with E-state index < -0.39 is 21.8 Å². The maximum Gasteiger partial charge on any atom is 0.243 e. The molecule has 1 heterocycles. The maximum atomic E-state index is 12.9. The number of aromatic hydroxyl groups is 2. The molecular formula is C17H24N2O5S. The van der Waals surface area contributed by atoms with Gasteiger partial charge in [0, 0.05) is 18.7 Å². The molecule has 3 rings (SSSR count). The Kier molecular flexibility index (Phi) is 5.19. The average Bonchev–Trinajstić information content (AvgIpc) is 3.09. The van der Waals surface area contributed by atoms with Gasteiger partial charge in [-0.3, -0.25) is 4.79 Å². The predicted molar refractivity (Wildman–Crippen MR) is 91.7 cm³/mol. The molecule has 1 saturated heterocycles. The van der Waals surface area contributed by atoms with Crippen LogP contribution >= 0.6 is 0 Å². The number of phenols is 2. The van der Waals surface area contributed by atoms with Gasteiger partial charge >= 0.3 is 0 Å². The lowest BCUT2D eigenvalue weighted by atomic mass is 9.95. The van der Waals surface area contributed by atoms with Crippen molar-refractivity contribution in [3.05, 3.63) is 18.2 Å². The molecule has 138 valence electrons. The normalized spacial score (nSPS) is 22.8. The van der Waals surface area contributed by atoms with Gasteiger partial charge in [-0.05, 0) is 37.8 Å². The molecule has 8 heteroatoms. The summed E-state index contributed by atoms with van der Waals surface area (Å²) in [6, 6.07) is 2.79. The number of carbonyl (C=O) groups excluding carboxylic acids is 1. The molecule has 0 aromatic heterocycles. The van der Waals surface area contributed by atoms with Gasteiger partial charge in [0.2, 0.25) is 15.9 Å². The van der Waals surface area contributed by atoms with Gasteiger partial charge in [0.25, 0.3) is 0 Å². The first-order valence-electron chi connectivity index (χ1n) is 8.74. The Hall–Kier alpha value is -1.80. The highest BCUT2D eigenvalue weighted by Gasteiger charge is 2.40. The van der Waals surface area contributed by atoms with Gasteiger partial charge in [0.1, 0.15) is 6.04 Å². The molecule has 1 aliphatic carbocycles. The number of carbonyl (C=O) groups is 1. The summed E-state index contributed by atoms with van der Waals surface area (Å²) >= 11 is 0. The van der Waals surface area contributed by atoms with Gasteiger partial charge < -0.3 is 15.5 Å². The van der Waals surface area contributed by atoms with Gasteiger partial charge in [-0.25, -0.2) is 8.42 Å². The first kappa shape index (κ1) is 18.0. The molecule has 0 bridgehead atoms. The lowest BCUT2D eigenvalue weighted by Crippen LogP contribution is -2.49. The lowest BCUT2D eigenvalue weighted by molar-refractivity contribution is -0.125. The number of benzene rings is 1. The van der Waals surface area contributed by atoms with Crippen LogP contribution in [-0.4, -0.2) is 47.5 Å². The van der Waals surface area contributed by atoms with Crippen molar-refractivity contribution in [2.45, 2.75) is 61.9 Å². The molecule has 0 radical (unpaired) electrons. The Morgan fingerprint density at radius 1 is 1.04 bits per heavy atom. The first-order chi connectivity index (χ1) is 11.9. The molecule has 1 unspecified atom stereocenters. The van der Waals surface area contributed by atoms with Crippen LogP contribution in [0.15, 0.2) is 23.1 Å². The third-order valence-corrected chi connectivity index (χ3v) is 6.92. The SMILES string of the molecule is O=C(NC1CCCCC1)C1CCCN1S(=O)(=O)c1ccc(O)c(O)c1. The number of nitrogens with zero attached hydrogens (tertiary/aromatic N) is 1. The molecule has 1 aliphatic heterocycles. The van der Waals surface area contributed by atoms with Crippen molar-refractivity contribution in [3.8, 4) is 11.5 Å². The van der Waals surface area contributed by atoms with Gasteiger partial charge in [-0.2, -0.15) is 4.31 Å². The molecule has 3 N–H and O–H groups in total. The Morgan fingerprint density at radius 3 is 2.44 bits per heavy atom. The zero-order valence-corrected chi connectivity index (χ0v) is 14.8. The van der Waals surface area contributed by atoms with Gasteiger partial charge in [0.05, 0.1) is 4.90 Å². The third kappa shape index (κ3) is 3.74. The van der Waals surface area contributed by atoms with Crippen LogP contribution in [0, 0.1) is 0 Å². The van der Waals surface area contributed by atoms with Gasteiger partial charge in [0.15, 0.2) is 11.5 Å². The molecule has 1 aromatic carbocycles. The quantitative estimate of drug-likeness (QED) is 0.701. The largest absolute Gasteiger partial charge is 0.504 e. The van der Waals surface area contributed by atoms with Crippen LogP contribution < -0.4 is 5.32 Å². The standard InChI is InChI=1S/C17H24N2O5S/c20-15-9-8-13(11-16(15)21)25(23,24)19-10-4-7-14(19)17(22)18-12-5-2-1-3-6-12/h8-9,11-12,14,20-21H,1-7,10H2,(H,18,22). The second-order valence-corrected chi connectivity index (χ2v) is 8.66. The zero-order chi connectivity index (χ0) is 18.0. The molecule has 7 nitrogen and oxygen atoms in total. The molecule has 2 aliphatic rings. The van der Waals surface area contributed by atoms with Crippen molar-refractivity contribution in [3.63, 3.8) is 0 Å². The number of amides is 1. The molecule has 25 heavy (non-hydrogen) atoms. The molecule has 1 atom stereocenters. The van der Waals surface area contributed by atoms with E-state index in [9.17, 15) is 23.4 Å². The van der Waals surface area contributed by atoms with E-state index in [1.807, 2.05) is 0 Å². The van der Waals surface area contributed by atoms with Crippen LogP contribution in [0.25, 0.3) is 0 Å². The monoisotopic (exact) mass is 368 g/mol. The number of rotatable bonds is 4. The van der Waals surface area contributed by atoms with Crippen LogP contribution in [-0.2, 0) is 14.8 Å². The molecule has 1 saturated carbocycles. The van der Waals surface area contributed by atoms with Crippen molar-refractivity contribution in [1.29, 1.82) is 0 Å². The van der Waals surface area contributed by atoms with Crippen LogP contribution in [0.1, 0.15) is 44.9 Å². The number of sulfonamides is 1. The highest BCUT2D eigenvalue weighted by Crippen LogP contribution is 2.32.